The van der Waals surface area contributed by atoms with Gasteiger partial charge in [-0.2, -0.15) is 5.10 Å². The lowest BCUT2D eigenvalue weighted by atomic mass is 10.3. The molecular formula is C13H22BrN3. The molecular weight excluding hydrogens is 278 g/mol. The molecule has 4 heteroatoms. The lowest BCUT2D eigenvalue weighted by Crippen LogP contribution is -2.17. The van der Waals surface area contributed by atoms with E-state index in [1.165, 1.54) is 10.2 Å². The number of nitrogens with one attached hydrogen (secondary N) is 1. The van der Waals surface area contributed by atoms with E-state index >= 15 is 0 Å². The van der Waals surface area contributed by atoms with Gasteiger partial charge in [0.05, 0.1) is 15.9 Å². The fourth-order valence-corrected chi connectivity index (χ4v) is 2.45. The van der Waals surface area contributed by atoms with Gasteiger partial charge in [0.2, 0.25) is 0 Å². The smallest absolute Gasteiger partial charge is 0.0767 e. The van der Waals surface area contributed by atoms with Crippen molar-refractivity contribution in [3.05, 3.63) is 28.0 Å². The number of nitrogens with zero attached hydrogens (tertiary/aromatic N) is 2. The average Bonchev–Trinajstić information content (AvgIpc) is 2.65. The maximum Gasteiger partial charge on any atom is 0.0767 e. The van der Waals surface area contributed by atoms with E-state index in [0.717, 1.165) is 38.2 Å². The number of aryl methyl sites for hydroxylation is 2. The minimum absolute atomic E-state index is 0.874. The van der Waals surface area contributed by atoms with E-state index in [-0.39, 0.29) is 0 Å². The van der Waals surface area contributed by atoms with Gasteiger partial charge in [0.15, 0.2) is 0 Å². The zero-order chi connectivity index (χ0) is 12.7. The summed E-state index contributed by atoms with van der Waals surface area (Å²) >= 11 is 3.65. The summed E-state index contributed by atoms with van der Waals surface area (Å²) in [4.78, 5) is 0. The topological polar surface area (TPSA) is 29.9 Å². The van der Waals surface area contributed by atoms with Gasteiger partial charge < -0.3 is 5.32 Å². The molecule has 1 heterocycles. The van der Waals surface area contributed by atoms with Crippen LogP contribution < -0.4 is 5.32 Å². The Bertz CT molecular complexity index is 369. The SMILES string of the molecule is C/C=C/CCNCc1c(Br)c(CC)nn1CC. The molecule has 0 aliphatic rings. The first-order valence-corrected chi connectivity index (χ1v) is 7.09. The Morgan fingerprint density at radius 3 is 2.76 bits per heavy atom. The van der Waals surface area contributed by atoms with Gasteiger partial charge in [0.25, 0.3) is 0 Å². The second-order valence-corrected chi connectivity index (χ2v) is 4.70. The van der Waals surface area contributed by atoms with Gasteiger partial charge in [-0.3, -0.25) is 4.68 Å². The predicted octanol–water partition coefficient (Wildman–Crippen LogP) is 3.28. The molecule has 0 saturated heterocycles. The quantitative estimate of drug-likeness (QED) is 0.618. The van der Waals surface area contributed by atoms with Crippen LogP contribution in [0.5, 0.6) is 0 Å². The minimum atomic E-state index is 0.874. The van der Waals surface area contributed by atoms with Gasteiger partial charge in [0, 0.05) is 13.1 Å². The van der Waals surface area contributed by atoms with Crippen molar-refractivity contribution in [2.75, 3.05) is 6.54 Å². The van der Waals surface area contributed by atoms with Crippen LogP contribution in [0.15, 0.2) is 16.6 Å². The Morgan fingerprint density at radius 1 is 1.41 bits per heavy atom. The highest BCUT2D eigenvalue weighted by atomic mass is 79.9. The van der Waals surface area contributed by atoms with E-state index in [9.17, 15) is 0 Å². The lowest BCUT2D eigenvalue weighted by Gasteiger charge is -2.06. The van der Waals surface area contributed by atoms with Crippen LogP contribution in [0, 0.1) is 0 Å². The van der Waals surface area contributed by atoms with Gasteiger partial charge in [-0.15, -0.1) is 0 Å². The summed E-state index contributed by atoms with van der Waals surface area (Å²) in [5.41, 5.74) is 2.40. The lowest BCUT2D eigenvalue weighted by molar-refractivity contribution is 0.579. The molecule has 1 N–H and O–H groups in total. The molecule has 0 fully saturated rings. The van der Waals surface area contributed by atoms with Crippen molar-refractivity contribution in [2.24, 2.45) is 0 Å². The molecule has 0 unspecified atom stereocenters. The number of rotatable bonds is 7. The third-order valence-corrected chi connectivity index (χ3v) is 3.63. The van der Waals surface area contributed by atoms with Crippen molar-refractivity contribution in [3.63, 3.8) is 0 Å². The molecule has 1 rings (SSSR count). The maximum absolute atomic E-state index is 4.58. The molecule has 0 atom stereocenters. The van der Waals surface area contributed by atoms with Crippen molar-refractivity contribution >= 4 is 15.9 Å². The van der Waals surface area contributed by atoms with Gasteiger partial charge in [-0.25, -0.2) is 0 Å². The van der Waals surface area contributed by atoms with Gasteiger partial charge in [-0.05, 0) is 49.2 Å². The normalized spacial score (nSPS) is 11.5. The van der Waals surface area contributed by atoms with E-state index in [2.05, 4.69) is 64.0 Å². The third kappa shape index (κ3) is 3.96. The van der Waals surface area contributed by atoms with Crippen molar-refractivity contribution in [1.29, 1.82) is 0 Å². The van der Waals surface area contributed by atoms with Crippen LogP contribution >= 0.6 is 15.9 Å². The Kier molecular flexibility index (Phi) is 6.52. The van der Waals surface area contributed by atoms with E-state index in [4.69, 9.17) is 0 Å². The fraction of sp³-hybridized carbons (Fsp3) is 0.615. The molecule has 1 aromatic heterocycles. The molecule has 0 aliphatic heterocycles. The molecule has 1 aromatic rings. The highest BCUT2D eigenvalue weighted by Crippen LogP contribution is 2.22. The molecule has 0 spiro atoms. The van der Waals surface area contributed by atoms with E-state index in [0.29, 0.717) is 0 Å². The summed E-state index contributed by atoms with van der Waals surface area (Å²) in [6.45, 7) is 9.12. The summed E-state index contributed by atoms with van der Waals surface area (Å²) in [5, 5.41) is 8.02. The van der Waals surface area contributed by atoms with Gasteiger partial charge in [-0.1, -0.05) is 19.1 Å². The van der Waals surface area contributed by atoms with Crippen LogP contribution in [0.1, 0.15) is 38.6 Å². The van der Waals surface area contributed by atoms with Crippen molar-refractivity contribution in [3.8, 4) is 0 Å². The second kappa shape index (κ2) is 7.67. The van der Waals surface area contributed by atoms with Crippen LogP contribution in [0.3, 0.4) is 0 Å². The van der Waals surface area contributed by atoms with E-state index in [1.54, 1.807) is 0 Å². The number of hydrogen-bond donors (Lipinski definition) is 1. The van der Waals surface area contributed by atoms with E-state index < -0.39 is 0 Å². The number of allylic oxidation sites excluding steroid dienone is 1. The Hall–Kier alpha value is -0.610. The maximum atomic E-state index is 4.58. The van der Waals surface area contributed by atoms with Crippen molar-refractivity contribution in [2.45, 2.75) is 46.7 Å². The number of aromatic nitrogens is 2. The van der Waals surface area contributed by atoms with Crippen LogP contribution in [0.4, 0.5) is 0 Å². The molecule has 3 nitrogen and oxygen atoms in total. The summed E-state index contributed by atoms with van der Waals surface area (Å²) in [7, 11) is 0. The molecule has 0 bridgehead atoms. The third-order valence-electron chi connectivity index (χ3n) is 2.71. The molecule has 0 saturated carbocycles. The van der Waals surface area contributed by atoms with Crippen LogP contribution in [0.2, 0.25) is 0 Å². The van der Waals surface area contributed by atoms with Crippen molar-refractivity contribution in [1.82, 2.24) is 15.1 Å². The van der Waals surface area contributed by atoms with E-state index in [1.807, 2.05) is 0 Å². The zero-order valence-corrected chi connectivity index (χ0v) is 12.5. The monoisotopic (exact) mass is 299 g/mol. The first-order valence-electron chi connectivity index (χ1n) is 6.30. The highest BCUT2D eigenvalue weighted by molar-refractivity contribution is 9.10. The van der Waals surface area contributed by atoms with Gasteiger partial charge >= 0.3 is 0 Å². The first kappa shape index (κ1) is 14.5. The molecule has 0 aromatic carbocycles. The Morgan fingerprint density at radius 2 is 2.18 bits per heavy atom. The number of hydrogen-bond acceptors (Lipinski definition) is 2. The summed E-state index contributed by atoms with van der Waals surface area (Å²) < 4.78 is 3.24. The zero-order valence-electron chi connectivity index (χ0n) is 11.0. The van der Waals surface area contributed by atoms with Crippen molar-refractivity contribution < 1.29 is 0 Å². The number of halogens is 1. The summed E-state index contributed by atoms with van der Waals surface area (Å²) in [5.74, 6) is 0. The largest absolute Gasteiger partial charge is 0.311 e. The minimum Gasteiger partial charge on any atom is -0.311 e. The van der Waals surface area contributed by atoms with Gasteiger partial charge in [0.1, 0.15) is 0 Å². The predicted molar refractivity (Wildman–Crippen MR) is 76.1 cm³/mol. The molecule has 0 radical (unpaired) electrons. The standard InChI is InChI=1S/C13H22BrN3/c1-4-7-8-9-15-10-12-13(14)11(5-2)16-17(12)6-3/h4,7,15H,5-6,8-10H2,1-3H3/b7-4+. The molecule has 0 aliphatic carbocycles. The van der Waals surface area contributed by atoms with Crippen LogP contribution in [-0.4, -0.2) is 16.3 Å². The second-order valence-electron chi connectivity index (χ2n) is 3.91. The summed E-state index contributed by atoms with van der Waals surface area (Å²) in [6, 6.07) is 0. The van der Waals surface area contributed by atoms with Crippen LogP contribution in [0.25, 0.3) is 0 Å². The van der Waals surface area contributed by atoms with Crippen LogP contribution in [-0.2, 0) is 19.5 Å². The molecule has 0 amide bonds. The Balaban J connectivity index is 2.59. The molecule has 17 heavy (non-hydrogen) atoms. The summed E-state index contributed by atoms with van der Waals surface area (Å²) in [6.07, 6.45) is 6.31. The first-order chi connectivity index (χ1) is 8.24. The Labute approximate surface area is 112 Å². The average molecular weight is 300 g/mol. The highest BCUT2D eigenvalue weighted by Gasteiger charge is 2.12. The molecule has 96 valence electrons. The fourth-order valence-electron chi connectivity index (χ4n) is 1.75.